The van der Waals surface area contributed by atoms with E-state index in [2.05, 4.69) is 20.3 Å². The Labute approximate surface area is 138 Å². The van der Waals surface area contributed by atoms with E-state index in [9.17, 15) is 13.2 Å². The molecule has 0 aromatic carbocycles. The topological polar surface area (TPSA) is 50.7 Å². The highest BCUT2D eigenvalue weighted by atomic mass is 19.4. The molecule has 1 unspecified atom stereocenters. The molecule has 0 spiro atoms. The van der Waals surface area contributed by atoms with Crippen LogP contribution in [0.1, 0.15) is 42.3 Å². The summed E-state index contributed by atoms with van der Waals surface area (Å²) < 4.78 is 37.1. The zero-order valence-corrected chi connectivity index (χ0v) is 13.3. The highest BCUT2D eigenvalue weighted by Gasteiger charge is 2.34. The van der Waals surface area contributed by atoms with Gasteiger partial charge in [0, 0.05) is 24.5 Å². The Morgan fingerprint density at radius 3 is 2.62 bits per heavy atom. The summed E-state index contributed by atoms with van der Waals surface area (Å²) in [4.78, 5) is 12.8. The average Bonchev–Trinajstić information content (AvgIpc) is 3.35. The minimum absolute atomic E-state index is 0.0113. The Balaban J connectivity index is 1.73. The Bertz CT molecular complexity index is 698. The molecule has 1 atom stereocenters. The number of nitrogens with zero attached hydrogens (tertiary/aromatic N) is 3. The summed E-state index contributed by atoms with van der Waals surface area (Å²) in [6.07, 6.45) is 0.256. The lowest BCUT2D eigenvalue weighted by Crippen LogP contribution is -2.17. The molecule has 2 heterocycles. The molecule has 7 heteroatoms. The summed E-state index contributed by atoms with van der Waals surface area (Å²) in [6, 6.07) is 5.46. The minimum atomic E-state index is -4.18. The molecule has 128 valence electrons. The van der Waals surface area contributed by atoms with E-state index >= 15 is 0 Å². The van der Waals surface area contributed by atoms with Crippen LogP contribution < -0.4 is 5.32 Å². The van der Waals surface area contributed by atoms with Crippen molar-refractivity contribution in [3.05, 3.63) is 47.5 Å². The number of halogens is 3. The van der Waals surface area contributed by atoms with E-state index in [-0.39, 0.29) is 12.5 Å². The van der Waals surface area contributed by atoms with E-state index in [1.807, 2.05) is 19.1 Å². The number of hydrogen-bond acceptors (Lipinski definition) is 4. The zero-order chi connectivity index (χ0) is 17.2. The van der Waals surface area contributed by atoms with Crippen molar-refractivity contribution in [2.75, 3.05) is 5.32 Å². The van der Waals surface area contributed by atoms with Crippen molar-refractivity contribution in [1.29, 1.82) is 0 Å². The molecule has 1 aliphatic carbocycles. The summed E-state index contributed by atoms with van der Waals surface area (Å²) >= 11 is 0. The standard InChI is InChI=1S/C17H19F3N4/c1-11-5-8-21-14(10-11)15(12-2-3-12)24-16-22-9-6-13(23-16)4-7-17(18,19)20/h5-6,8-10,12,15H,2-4,7H2,1H3,(H,22,23,24). The van der Waals surface area contributed by atoms with Crippen LogP contribution in [0.4, 0.5) is 19.1 Å². The molecular formula is C17H19F3N4. The van der Waals surface area contributed by atoms with Crippen molar-refractivity contribution in [1.82, 2.24) is 15.0 Å². The van der Waals surface area contributed by atoms with E-state index in [0.29, 0.717) is 17.6 Å². The summed E-state index contributed by atoms with van der Waals surface area (Å²) in [7, 11) is 0. The third-order valence-corrected chi connectivity index (χ3v) is 4.01. The molecule has 1 saturated carbocycles. The van der Waals surface area contributed by atoms with Gasteiger partial charge in [-0.05, 0) is 55.9 Å². The van der Waals surface area contributed by atoms with Crippen LogP contribution >= 0.6 is 0 Å². The average molecular weight is 336 g/mol. The molecule has 0 saturated heterocycles. The van der Waals surface area contributed by atoms with Crippen molar-refractivity contribution in [3.8, 4) is 0 Å². The third-order valence-electron chi connectivity index (χ3n) is 4.01. The molecule has 0 radical (unpaired) electrons. The maximum Gasteiger partial charge on any atom is 0.389 e. The van der Waals surface area contributed by atoms with Gasteiger partial charge in [-0.2, -0.15) is 13.2 Å². The first kappa shape index (κ1) is 16.7. The molecule has 1 aliphatic rings. The van der Waals surface area contributed by atoms with Gasteiger partial charge in [-0.25, -0.2) is 9.97 Å². The Morgan fingerprint density at radius 2 is 1.96 bits per heavy atom. The number of pyridine rings is 1. The summed E-state index contributed by atoms with van der Waals surface area (Å²) in [5, 5.41) is 3.26. The molecule has 1 N–H and O–H groups in total. The second-order valence-electron chi connectivity index (χ2n) is 6.20. The van der Waals surface area contributed by atoms with Crippen LogP contribution in [0.3, 0.4) is 0 Å². The largest absolute Gasteiger partial charge is 0.389 e. The molecule has 0 aliphatic heterocycles. The van der Waals surface area contributed by atoms with E-state index in [1.165, 1.54) is 12.3 Å². The lowest BCUT2D eigenvalue weighted by Gasteiger charge is -2.18. The second-order valence-corrected chi connectivity index (χ2v) is 6.20. The smallest absolute Gasteiger partial charge is 0.346 e. The number of alkyl halides is 3. The highest BCUT2D eigenvalue weighted by molar-refractivity contribution is 5.32. The van der Waals surface area contributed by atoms with E-state index in [4.69, 9.17) is 0 Å². The molecular weight excluding hydrogens is 317 g/mol. The number of rotatable bonds is 6. The first-order valence-electron chi connectivity index (χ1n) is 7.98. The maximum atomic E-state index is 12.4. The van der Waals surface area contributed by atoms with Crippen LogP contribution in [0.5, 0.6) is 0 Å². The number of hydrogen-bond donors (Lipinski definition) is 1. The molecule has 1 fully saturated rings. The summed E-state index contributed by atoms with van der Waals surface area (Å²) in [6.45, 7) is 2.00. The Kier molecular flexibility index (Phi) is 4.69. The molecule has 2 aromatic heterocycles. The SMILES string of the molecule is Cc1ccnc(C(Nc2nccc(CCC(F)(F)F)n2)C2CC2)c1. The van der Waals surface area contributed by atoms with Crippen LogP contribution in [0, 0.1) is 12.8 Å². The second kappa shape index (κ2) is 6.75. The van der Waals surface area contributed by atoms with E-state index in [0.717, 1.165) is 24.1 Å². The summed E-state index contributed by atoms with van der Waals surface area (Å²) in [5.74, 6) is 0.816. The van der Waals surface area contributed by atoms with Gasteiger partial charge in [0.1, 0.15) is 0 Å². The van der Waals surface area contributed by atoms with Crippen LogP contribution in [-0.4, -0.2) is 21.1 Å². The van der Waals surface area contributed by atoms with Crippen molar-refractivity contribution >= 4 is 5.95 Å². The number of nitrogens with one attached hydrogen (secondary N) is 1. The van der Waals surface area contributed by atoms with Crippen LogP contribution in [0.15, 0.2) is 30.6 Å². The number of anilines is 1. The molecule has 3 rings (SSSR count). The van der Waals surface area contributed by atoms with Crippen molar-refractivity contribution < 1.29 is 13.2 Å². The number of aromatic nitrogens is 3. The lowest BCUT2D eigenvalue weighted by molar-refractivity contribution is -0.134. The van der Waals surface area contributed by atoms with Gasteiger partial charge < -0.3 is 5.32 Å². The Hall–Kier alpha value is -2.18. The quantitative estimate of drug-likeness (QED) is 0.857. The summed E-state index contributed by atoms with van der Waals surface area (Å²) in [5.41, 5.74) is 2.42. The normalized spacial score (nSPS) is 16.0. The molecule has 2 aromatic rings. The first-order valence-corrected chi connectivity index (χ1v) is 7.98. The fraction of sp³-hybridized carbons (Fsp3) is 0.471. The molecule has 0 amide bonds. The lowest BCUT2D eigenvalue weighted by atomic mass is 10.1. The van der Waals surface area contributed by atoms with E-state index in [1.54, 1.807) is 6.20 Å². The van der Waals surface area contributed by atoms with E-state index < -0.39 is 12.6 Å². The van der Waals surface area contributed by atoms with Gasteiger partial charge in [0.15, 0.2) is 0 Å². The monoisotopic (exact) mass is 336 g/mol. The van der Waals surface area contributed by atoms with Crippen molar-refractivity contribution in [2.24, 2.45) is 5.92 Å². The Morgan fingerprint density at radius 1 is 1.21 bits per heavy atom. The van der Waals surface area contributed by atoms with Gasteiger partial charge in [-0.3, -0.25) is 4.98 Å². The van der Waals surface area contributed by atoms with Gasteiger partial charge in [0.05, 0.1) is 11.7 Å². The maximum absolute atomic E-state index is 12.4. The van der Waals surface area contributed by atoms with Gasteiger partial charge in [-0.15, -0.1) is 0 Å². The van der Waals surface area contributed by atoms with Crippen LogP contribution in [0.2, 0.25) is 0 Å². The highest BCUT2D eigenvalue weighted by Crippen LogP contribution is 2.42. The fourth-order valence-electron chi connectivity index (χ4n) is 2.61. The van der Waals surface area contributed by atoms with Gasteiger partial charge in [0.2, 0.25) is 5.95 Å². The minimum Gasteiger partial charge on any atom is -0.346 e. The zero-order valence-electron chi connectivity index (χ0n) is 13.3. The van der Waals surface area contributed by atoms with Gasteiger partial charge in [0.25, 0.3) is 0 Å². The van der Waals surface area contributed by atoms with Crippen LogP contribution in [0.25, 0.3) is 0 Å². The molecule has 24 heavy (non-hydrogen) atoms. The van der Waals surface area contributed by atoms with Crippen molar-refractivity contribution in [2.45, 2.75) is 44.8 Å². The first-order chi connectivity index (χ1) is 11.4. The predicted molar refractivity (Wildman–Crippen MR) is 84.5 cm³/mol. The van der Waals surface area contributed by atoms with Gasteiger partial charge >= 0.3 is 6.18 Å². The van der Waals surface area contributed by atoms with Gasteiger partial charge in [-0.1, -0.05) is 0 Å². The third kappa shape index (κ3) is 4.66. The number of aryl methyl sites for hydroxylation is 2. The fourth-order valence-corrected chi connectivity index (χ4v) is 2.61. The van der Waals surface area contributed by atoms with Crippen molar-refractivity contribution in [3.63, 3.8) is 0 Å². The predicted octanol–water partition coefficient (Wildman–Crippen LogP) is 4.24. The molecule has 4 nitrogen and oxygen atoms in total. The molecule has 0 bridgehead atoms. The van der Waals surface area contributed by atoms with Crippen LogP contribution in [-0.2, 0) is 6.42 Å².